The standard InChI is InChI=1S/C57H102O6/c1-4-7-10-13-16-19-22-25-27-28-30-32-35-38-41-44-47-50-56(59)62-53-54(52-61-55(58)49-46-43-40-37-34-31-24-21-18-15-12-9-6-3)63-57(60)51-48-45-42-39-36-33-29-26-23-20-17-14-11-8-5-2/h16,19,25-27,29-30,32,54H,4-15,17-18,20-24,28,31,33-53H2,1-3H3/b19-16-,27-25-,29-26-,32-30-/t54-/m1/s1. The Kier molecular flexibility index (Phi) is 49.8. The van der Waals surface area contributed by atoms with Crippen molar-refractivity contribution in [3.05, 3.63) is 48.6 Å². The molecule has 0 spiro atoms. The van der Waals surface area contributed by atoms with Gasteiger partial charge in [0.05, 0.1) is 0 Å². The molecule has 0 heterocycles. The predicted molar refractivity (Wildman–Crippen MR) is 270 cm³/mol. The van der Waals surface area contributed by atoms with E-state index in [1.54, 1.807) is 0 Å². The van der Waals surface area contributed by atoms with Crippen molar-refractivity contribution in [2.75, 3.05) is 13.2 Å². The van der Waals surface area contributed by atoms with Gasteiger partial charge in [0.1, 0.15) is 13.2 Å². The van der Waals surface area contributed by atoms with E-state index in [0.717, 1.165) is 96.3 Å². The molecular formula is C57H102O6. The first-order chi connectivity index (χ1) is 31.0. The predicted octanol–water partition coefficient (Wildman–Crippen LogP) is 17.9. The fourth-order valence-corrected chi connectivity index (χ4v) is 7.68. The molecule has 0 saturated carbocycles. The molecule has 0 unspecified atom stereocenters. The maximum Gasteiger partial charge on any atom is 0.306 e. The summed E-state index contributed by atoms with van der Waals surface area (Å²) in [5.41, 5.74) is 0. The fourth-order valence-electron chi connectivity index (χ4n) is 7.68. The summed E-state index contributed by atoms with van der Waals surface area (Å²) in [5.74, 6) is -0.902. The van der Waals surface area contributed by atoms with Gasteiger partial charge in [0, 0.05) is 19.3 Å². The van der Waals surface area contributed by atoms with Crippen molar-refractivity contribution in [3.8, 4) is 0 Å². The first-order valence-corrected chi connectivity index (χ1v) is 27.1. The average molecular weight is 883 g/mol. The van der Waals surface area contributed by atoms with Crippen LogP contribution in [0.5, 0.6) is 0 Å². The van der Waals surface area contributed by atoms with E-state index in [1.165, 1.54) is 141 Å². The number of carbonyl (C=O) groups is 3. The summed E-state index contributed by atoms with van der Waals surface area (Å²) < 4.78 is 16.8. The van der Waals surface area contributed by atoms with E-state index in [-0.39, 0.29) is 31.1 Å². The van der Waals surface area contributed by atoms with Crippen LogP contribution in [0.2, 0.25) is 0 Å². The van der Waals surface area contributed by atoms with E-state index in [0.29, 0.717) is 19.3 Å². The van der Waals surface area contributed by atoms with Crippen LogP contribution in [-0.4, -0.2) is 37.2 Å². The Morgan fingerprint density at radius 3 is 0.937 bits per heavy atom. The molecule has 0 rings (SSSR count). The first-order valence-electron chi connectivity index (χ1n) is 27.1. The van der Waals surface area contributed by atoms with Crippen LogP contribution in [0.3, 0.4) is 0 Å². The molecular weight excluding hydrogens is 781 g/mol. The zero-order valence-electron chi connectivity index (χ0n) is 41.8. The topological polar surface area (TPSA) is 78.9 Å². The average Bonchev–Trinajstić information content (AvgIpc) is 3.28. The first kappa shape index (κ1) is 60.4. The monoisotopic (exact) mass is 883 g/mol. The van der Waals surface area contributed by atoms with Crippen molar-refractivity contribution in [2.45, 2.75) is 284 Å². The summed E-state index contributed by atoms with van der Waals surface area (Å²) >= 11 is 0. The number of carbonyl (C=O) groups excluding carboxylic acids is 3. The van der Waals surface area contributed by atoms with Crippen LogP contribution in [-0.2, 0) is 28.6 Å². The molecule has 0 amide bonds. The van der Waals surface area contributed by atoms with Crippen molar-refractivity contribution >= 4 is 17.9 Å². The van der Waals surface area contributed by atoms with Crippen LogP contribution in [0.1, 0.15) is 278 Å². The molecule has 0 aliphatic carbocycles. The van der Waals surface area contributed by atoms with Gasteiger partial charge in [-0.3, -0.25) is 14.4 Å². The third-order valence-electron chi connectivity index (χ3n) is 11.8. The summed E-state index contributed by atoms with van der Waals surface area (Å²) in [6.45, 7) is 6.60. The molecule has 0 aliphatic rings. The molecule has 0 aliphatic heterocycles. The molecule has 0 N–H and O–H groups in total. The minimum absolute atomic E-state index is 0.0812. The van der Waals surface area contributed by atoms with Crippen LogP contribution >= 0.6 is 0 Å². The Morgan fingerprint density at radius 1 is 0.317 bits per heavy atom. The lowest BCUT2D eigenvalue weighted by Gasteiger charge is -2.18. The molecule has 0 bridgehead atoms. The molecule has 0 radical (unpaired) electrons. The molecule has 0 aromatic carbocycles. The number of hydrogen-bond acceptors (Lipinski definition) is 6. The van der Waals surface area contributed by atoms with E-state index < -0.39 is 6.10 Å². The highest BCUT2D eigenvalue weighted by Crippen LogP contribution is 2.15. The number of ether oxygens (including phenoxy) is 3. The molecule has 6 nitrogen and oxygen atoms in total. The number of allylic oxidation sites excluding steroid dienone is 8. The second-order valence-corrected chi connectivity index (χ2v) is 18.1. The van der Waals surface area contributed by atoms with Gasteiger partial charge in [-0.05, 0) is 83.5 Å². The third kappa shape index (κ3) is 50.2. The fraction of sp³-hybridized carbons (Fsp3) is 0.807. The van der Waals surface area contributed by atoms with Crippen molar-refractivity contribution in [3.63, 3.8) is 0 Å². The molecule has 63 heavy (non-hydrogen) atoms. The summed E-state index contributed by atoms with van der Waals surface area (Å²) in [5, 5.41) is 0. The Hall–Kier alpha value is -2.63. The summed E-state index contributed by atoms with van der Waals surface area (Å²) in [6, 6.07) is 0. The Balaban J connectivity index is 4.41. The van der Waals surface area contributed by atoms with Crippen LogP contribution in [0.4, 0.5) is 0 Å². The van der Waals surface area contributed by atoms with Gasteiger partial charge in [0.2, 0.25) is 0 Å². The quantitative estimate of drug-likeness (QED) is 0.0262. The second-order valence-electron chi connectivity index (χ2n) is 18.1. The highest BCUT2D eigenvalue weighted by Gasteiger charge is 2.19. The van der Waals surface area contributed by atoms with Crippen LogP contribution in [0, 0.1) is 0 Å². The molecule has 1 atom stereocenters. The highest BCUT2D eigenvalue weighted by molar-refractivity contribution is 5.71. The zero-order valence-corrected chi connectivity index (χ0v) is 41.8. The zero-order chi connectivity index (χ0) is 45.8. The van der Waals surface area contributed by atoms with Gasteiger partial charge in [-0.1, -0.05) is 223 Å². The lowest BCUT2D eigenvalue weighted by molar-refractivity contribution is -0.167. The lowest BCUT2D eigenvalue weighted by Crippen LogP contribution is -2.30. The molecule has 0 saturated heterocycles. The summed E-state index contributed by atoms with van der Waals surface area (Å²) in [6.07, 6.45) is 62.3. The molecule has 0 aromatic heterocycles. The molecule has 0 fully saturated rings. The van der Waals surface area contributed by atoms with Gasteiger partial charge in [0.15, 0.2) is 6.10 Å². The minimum Gasteiger partial charge on any atom is -0.462 e. The highest BCUT2D eigenvalue weighted by atomic mass is 16.6. The van der Waals surface area contributed by atoms with E-state index in [2.05, 4.69) is 69.4 Å². The van der Waals surface area contributed by atoms with Crippen LogP contribution in [0.25, 0.3) is 0 Å². The SMILES string of the molecule is CCCCC/C=C\C/C=C\C/C=C\CCCCCCC(=O)OC[C@@H](COC(=O)CCCCCCCCCCCCCCC)OC(=O)CCCCCCC/C=C\CCCCCCCC. The van der Waals surface area contributed by atoms with E-state index >= 15 is 0 Å². The van der Waals surface area contributed by atoms with Crippen LogP contribution in [0.15, 0.2) is 48.6 Å². The normalized spacial score (nSPS) is 12.4. The minimum atomic E-state index is -0.784. The van der Waals surface area contributed by atoms with Crippen molar-refractivity contribution in [1.82, 2.24) is 0 Å². The third-order valence-corrected chi connectivity index (χ3v) is 11.8. The Morgan fingerprint density at radius 2 is 0.571 bits per heavy atom. The maximum atomic E-state index is 12.8. The van der Waals surface area contributed by atoms with Crippen molar-refractivity contribution < 1.29 is 28.6 Å². The summed E-state index contributed by atoms with van der Waals surface area (Å²) in [4.78, 5) is 38.0. The van der Waals surface area contributed by atoms with Gasteiger partial charge in [0.25, 0.3) is 0 Å². The second kappa shape index (κ2) is 52.0. The molecule has 366 valence electrons. The van der Waals surface area contributed by atoms with Crippen molar-refractivity contribution in [1.29, 1.82) is 0 Å². The summed E-state index contributed by atoms with van der Waals surface area (Å²) in [7, 11) is 0. The van der Waals surface area contributed by atoms with E-state index in [9.17, 15) is 14.4 Å². The Bertz CT molecular complexity index is 1110. The smallest absolute Gasteiger partial charge is 0.306 e. The van der Waals surface area contributed by atoms with Gasteiger partial charge in [-0.15, -0.1) is 0 Å². The van der Waals surface area contributed by atoms with Gasteiger partial charge < -0.3 is 14.2 Å². The number of hydrogen-bond donors (Lipinski definition) is 0. The van der Waals surface area contributed by atoms with Crippen molar-refractivity contribution in [2.24, 2.45) is 0 Å². The van der Waals surface area contributed by atoms with E-state index in [1.807, 2.05) is 0 Å². The lowest BCUT2D eigenvalue weighted by atomic mass is 10.0. The van der Waals surface area contributed by atoms with Gasteiger partial charge in [-0.2, -0.15) is 0 Å². The van der Waals surface area contributed by atoms with Gasteiger partial charge in [-0.25, -0.2) is 0 Å². The van der Waals surface area contributed by atoms with E-state index in [4.69, 9.17) is 14.2 Å². The number of rotatable bonds is 49. The molecule has 0 aromatic rings. The van der Waals surface area contributed by atoms with Gasteiger partial charge >= 0.3 is 17.9 Å². The molecule has 6 heteroatoms. The Labute approximate surface area is 390 Å². The van der Waals surface area contributed by atoms with Crippen LogP contribution < -0.4 is 0 Å². The number of unbranched alkanes of at least 4 members (excludes halogenated alkanes) is 30. The maximum absolute atomic E-state index is 12.8. The largest absolute Gasteiger partial charge is 0.462 e. The number of esters is 3.